The van der Waals surface area contributed by atoms with E-state index in [1.54, 1.807) is 33.0 Å². The van der Waals surface area contributed by atoms with Crippen molar-refractivity contribution in [3.05, 3.63) is 29.8 Å². The van der Waals surface area contributed by atoms with E-state index in [1.807, 2.05) is 24.3 Å². The maximum absolute atomic E-state index is 12.3. The number of nitrogens with zero attached hydrogens (tertiary/aromatic N) is 1. The standard InChI is InChI=1S/C18H28N2O4/c1-5-17(21)20(13-15-7-9-16(24-4)10-8-15)14(2)18(22)19-11-6-12-23-3/h7-10,14H,5-6,11-13H2,1-4H3,(H,19,22)/t14-/m1/s1. The highest BCUT2D eigenvalue weighted by Gasteiger charge is 2.24. The predicted molar refractivity (Wildman–Crippen MR) is 92.8 cm³/mol. The summed E-state index contributed by atoms with van der Waals surface area (Å²) in [4.78, 5) is 26.2. The van der Waals surface area contributed by atoms with Gasteiger partial charge in [-0.05, 0) is 31.0 Å². The van der Waals surface area contributed by atoms with Crippen LogP contribution in [0.15, 0.2) is 24.3 Å². The summed E-state index contributed by atoms with van der Waals surface area (Å²) in [6.07, 6.45) is 1.10. The fraction of sp³-hybridized carbons (Fsp3) is 0.556. The zero-order valence-corrected chi connectivity index (χ0v) is 15.0. The molecule has 0 aliphatic rings. The Hall–Kier alpha value is -2.08. The van der Waals surface area contributed by atoms with Crippen molar-refractivity contribution in [2.24, 2.45) is 0 Å². The number of amides is 2. The molecule has 1 atom stereocenters. The summed E-state index contributed by atoms with van der Waals surface area (Å²) in [7, 11) is 3.23. The molecule has 1 rings (SSSR count). The molecule has 0 aromatic heterocycles. The molecule has 6 nitrogen and oxygen atoms in total. The summed E-state index contributed by atoms with van der Waals surface area (Å²) in [5.41, 5.74) is 0.955. The Morgan fingerprint density at radius 3 is 2.42 bits per heavy atom. The first-order valence-electron chi connectivity index (χ1n) is 8.22. The van der Waals surface area contributed by atoms with Crippen LogP contribution in [-0.2, 0) is 20.9 Å². The minimum Gasteiger partial charge on any atom is -0.497 e. The number of ether oxygens (including phenoxy) is 2. The third kappa shape index (κ3) is 6.20. The lowest BCUT2D eigenvalue weighted by Crippen LogP contribution is -2.47. The molecule has 1 aromatic rings. The van der Waals surface area contributed by atoms with Gasteiger partial charge in [-0.2, -0.15) is 0 Å². The highest BCUT2D eigenvalue weighted by atomic mass is 16.5. The second-order valence-electron chi connectivity index (χ2n) is 5.54. The van der Waals surface area contributed by atoms with Gasteiger partial charge in [0.05, 0.1) is 7.11 Å². The molecular formula is C18H28N2O4. The highest BCUT2D eigenvalue weighted by molar-refractivity contribution is 5.87. The average molecular weight is 336 g/mol. The van der Waals surface area contributed by atoms with Crippen molar-refractivity contribution in [1.82, 2.24) is 10.2 Å². The molecule has 0 bridgehead atoms. The first kappa shape index (κ1) is 20.0. The number of rotatable bonds is 10. The van der Waals surface area contributed by atoms with Crippen molar-refractivity contribution in [1.29, 1.82) is 0 Å². The number of carbonyl (C=O) groups is 2. The van der Waals surface area contributed by atoms with Gasteiger partial charge in [0.25, 0.3) is 0 Å². The maximum Gasteiger partial charge on any atom is 0.242 e. The van der Waals surface area contributed by atoms with Crippen molar-refractivity contribution < 1.29 is 19.1 Å². The fourth-order valence-corrected chi connectivity index (χ4v) is 2.29. The second-order valence-corrected chi connectivity index (χ2v) is 5.54. The molecule has 0 saturated carbocycles. The van der Waals surface area contributed by atoms with Gasteiger partial charge in [0.1, 0.15) is 11.8 Å². The van der Waals surface area contributed by atoms with Crippen molar-refractivity contribution >= 4 is 11.8 Å². The molecule has 0 aliphatic heterocycles. The maximum atomic E-state index is 12.3. The zero-order chi connectivity index (χ0) is 17.9. The molecule has 1 aromatic carbocycles. The van der Waals surface area contributed by atoms with E-state index >= 15 is 0 Å². The lowest BCUT2D eigenvalue weighted by atomic mass is 10.1. The normalized spacial score (nSPS) is 11.7. The zero-order valence-electron chi connectivity index (χ0n) is 15.0. The van der Waals surface area contributed by atoms with E-state index in [1.165, 1.54) is 0 Å². The van der Waals surface area contributed by atoms with E-state index < -0.39 is 6.04 Å². The van der Waals surface area contributed by atoms with Gasteiger partial charge in [0, 0.05) is 33.2 Å². The Morgan fingerprint density at radius 2 is 1.88 bits per heavy atom. The molecule has 1 N–H and O–H groups in total. The van der Waals surface area contributed by atoms with Crippen LogP contribution in [-0.4, -0.2) is 50.1 Å². The Balaban J connectivity index is 2.72. The molecule has 0 fully saturated rings. The van der Waals surface area contributed by atoms with Crippen molar-refractivity contribution in [3.63, 3.8) is 0 Å². The van der Waals surface area contributed by atoms with Gasteiger partial charge in [-0.3, -0.25) is 9.59 Å². The van der Waals surface area contributed by atoms with E-state index in [-0.39, 0.29) is 11.8 Å². The van der Waals surface area contributed by atoms with Crippen LogP contribution in [0.5, 0.6) is 5.75 Å². The highest BCUT2D eigenvalue weighted by Crippen LogP contribution is 2.15. The molecular weight excluding hydrogens is 308 g/mol. The monoisotopic (exact) mass is 336 g/mol. The van der Waals surface area contributed by atoms with Gasteiger partial charge in [0.2, 0.25) is 11.8 Å². The fourth-order valence-electron chi connectivity index (χ4n) is 2.29. The van der Waals surface area contributed by atoms with Gasteiger partial charge < -0.3 is 19.7 Å². The molecule has 0 unspecified atom stereocenters. The molecule has 134 valence electrons. The van der Waals surface area contributed by atoms with Crippen molar-refractivity contribution in [2.75, 3.05) is 27.4 Å². The van der Waals surface area contributed by atoms with E-state index in [4.69, 9.17) is 9.47 Å². The van der Waals surface area contributed by atoms with Gasteiger partial charge in [0.15, 0.2) is 0 Å². The molecule has 24 heavy (non-hydrogen) atoms. The molecule has 0 heterocycles. The van der Waals surface area contributed by atoms with Crippen LogP contribution < -0.4 is 10.1 Å². The summed E-state index contributed by atoms with van der Waals surface area (Å²) in [5.74, 6) is 0.558. The van der Waals surface area contributed by atoms with E-state index in [2.05, 4.69) is 5.32 Å². The number of hydrogen-bond acceptors (Lipinski definition) is 4. The lowest BCUT2D eigenvalue weighted by Gasteiger charge is -2.28. The summed E-state index contributed by atoms with van der Waals surface area (Å²) < 4.78 is 10.1. The number of hydrogen-bond donors (Lipinski definition) is 1. The lowest BCUT2D eigenvalue weighted by molar-refractivity contribution is -0.140. The topological polar surface area (TPSA) is 67.9 Å². The number of carbonyl (C=O) groups excluding carboxylic acids is 2. The van der Waals surface area contributed by atoms with Crippen LogP contribution in [0.2, 0.25) is 0 Å². The summed E-state index contributed by atoms with van der Waals surface area (Å²) in [5, 5.41) is 2.85. The smallest absolute Gasteiger partial charge is 0.242 e. The summed E-state index contributed by atoms with van der Waals surface area (Å²) >= 11 is 0. The molecule has 0 aliphatic carbocycles. The van der Waals surface area contributed by atoms with Crippen LogP contribution >= 0.6 is 0 Å². The SMILES string of the molecule is CCC(=O)N(Cc1ccc(OC)cc1)[C@H](C)C(=O)NCCCOC. The second kappa shape index (κ2) is 10.6. The predicted octanol–water partition coefficient (Wildman–Crippen LogP) is 1.97. The third-order valence-corrected chi connectivity index (χ3v) is 3.81. The van der Waals surface area contributed by atoms with E-state index in [0.29, 0.717) is 26.1 Å². The van der Waals surface area contributed by atoms with Crippen molar-refractivity contribution in [3.8, 4) is 5.75 Å². The van der Waals surface area contributed by atoms with E-state index in [9.17, 15) is 9.59 Å². The Labute approximate surface area is 144 Å². The van der Waals surface area contributed by atoms with Crippen LogP contribution in [0.25, 0.3) is 0 Å². The summed E-state index contributed by atoms with van der Waals surface area (Å²) in [6, 6.07) is 6.97. The van der Waals surface area contributed by atoms with Gasteiger partial charge in [-0.15, -0.1) is 0 Å². The summed E-state index contributed by atoms with van der Waals surface area (Å²) in [6.45, 7) is 5.07. The average Bonchev–Trinajstić information content (AvgIpc) is 2.62. The molecule has 0 radical (unpaired) electrons. The van der Waals surface area contributed by atoms with E-state index in [0.717, 1.165) is 17.7 Å². The Bertz CT molecular complexity index is 516. The molecule has 6 heteroatoms. The van der Waals surface area contributed by atoms with Crippen LogP contribution in [0.1, 0.15) is 32.3 Å². The van der Waals surface area contributed by atoms with Crippen LogP contribution in [0, 0.1) is 0 Å². The quantitative estimate of drug-likeness (QED) is 0.663. The third-order valence-electron chi connectivity index (χ3n) is 3.81. The van der Waals surface area contributed by atoms with Gasteiger partial charge >= 0.3 is 0 Å². The van der Waals surface area contributed by atoms with Crippen LogP contribution in [0.3, 0.4) is 0 Å². The number of benzene rings is 1. The van der Waals surface area contributed by atoms with Crippen LogP contribution in [0.4, 0.5) is 0 Å². The van der Waals surface area contributed by atoms with Gasteiger partial charge in [-0.1, -0.05) is 19.1 Å². The Morgan fingerprint density at radius 1 is 1.21 bits per heavy atom. The minimum atomic E-state index is -0.526. The molecule has 0 saturated heterocycles. The largest absolute Gasteiger partial charge is 0.497 e. The first-order valence-corrected chi connectivity index (χ1v) is 8.22. The first-order chi connectivity index (χ1) is 11.5. The number of methoxy groups -OCH3 is 2. The molecule has 0 spiro atoms. The molecule has 2 amide bonds. The van der Waals surface area contributed by atoms with Crippen molar-refractivity contribution in [2.45, 2.75) is 39.3 Å². The number of nitrogens with one attached hydrogen (secondary N) is 1. The van der Waals surface area contributed by atoms with Gasteiger partial charge in [-0.25, -0.2) is 0 Å². The minimum absolute atomic E-state index is 0.0506. The Kier molecular flexibility index (Phi) is 8.86.